The number of hydrogen-bond acceptors (Lipinski definition) is 4. The molecule has 0 saturated carbocycles. The van der Waals surface area contributed by atoms with Crippen molar-refractivity contribution in [2.45, 2.75) is 6.54 Å². The summed E-state index contributed by atoms with van der Waals surface area (Å²) in [6.45, 7) is 0.597. The van der Waals surface area contributed by atoms with E-state index in [0.29, 0.717) is 16.8 Å². The van der Waals surface area contributed by atoms with Crippen LogP contribution >= 0.6 is 31.9 Å². The fraction of sp³-hybridized carbons (Fsp3) is 0.200. The second-order valence-corrected chi connectivity index (χ2v) is 6.04. The summed E-state index contributed by atoms with van der Waals surface area (Å²) in [6.07, 6.45) is 0. The highest BCUT2D eigenvalue weighted by Gasteiger charge is 2.09. The summed E-state index contributed by atoms with van der Waals surface area (Å²) in [4.78, 5) is 0. The molecule has 0 spiro atoms. The van der Waals surface area contributed by atoms with E-state index in [1.807, 2.05) is 24.3 Å². The Labute approximate surface area is 140 Å². The SMILES string of the molecule is COc1cc(NCc2cc(Br)c(O)c(OC)c2)ccc1Br. The number of phenols is 1. The molecular formula is C15H15Br2NO3. The van der Waals surface area contributed by atoms with Crippen molar-refractivity contribution in [1.82, 2.24) is 0 Å². The number of anilines is 1. The summed E-state index contributed by atoms with van der Waals surface area (Å²) < 4.78 is 11.9. The number of benzene rings is 2. The van der Waals surface area contributed by atoms with Crippen molar-refractivity contribution in [2.24, 2.45) is 0 Å². The molecule has 4 nitrogen and oxygen atoms in total. The average Bonchev–Trinajstić information content (AvgIpc) is 2.49. The maximum absolute atomic E-state index is 9.79. The smallest absolute Gasteiger partial charge is 0.172 e. The van der Waals surface area contributed by atoms with Gasteiger partial charge in [0.1, 0.15) is 5.75 Å². The Morgan fingerprint density at radius 3 is 2.38 bits per heavy atom. The first-order valence-corrected chi connectivity index (χ1v) is 7.76. The molecule has 0 atom stereocenters. The van der Waals surface area contributed by atoms with E-state index in [0.717, 1.165) is 21.5 Å². The minimum absolute atomic E-state index is 0.103. The van der Waals surface area contributed by atoms with Crippen LogP contribution in [0.4, 0.5) is 5.69 Å². The molecule has 21 heavy (non-hydrogen) atoms. The lowest BCUT2D eigenvalue weighted by atomic mass is 10.2. The Kier molecular flexibility index (Phi) is 5.36. The van der Waals surface area contributed by atoms with Crippen LogP contribution in [-0.2, 0) is 6.54 Å². The van der Waals surface area contributed by atoms with E-state index in [9.17, 15) is 5.11 Å². The third kappa shape index (κ3) is 3.83. The largest absolute Gasteiger partial charge is 0.503 e. The van der Waals surface area contributed by atoms with Gasteiger partial charge in [-0.05, 0) is 61.7 Å². The highest BCUT2D eigenvalue weighted by molar-refractivity contribution is 9.10. The van der Waals surface area contributed by atoms with E-state index >= 15 is 0 Å². The summed E-state index contributed by atoms with van der Waals surface area (Å²) in [5.74, 6) is 1.31. The van der Waals surface area contributed by atoms with E-state index in [1.54, 1.807) is 13.2 Å². The van der Waals surface area contributed by atoms with E-state index in [1.165, 1.54) is 7.11 Å². The molecule has 2 aromatic rings. The van der Waals surface area contributed by atoms with Crippen molar-refractivity contribution in [3.63, 3.8) is 0 Å². The highest BCUT2D eigenvalue weighted by atomic mass is 79.9. The Morgan fingerprint density at radius 2 is 1.71 bits per heavy atom. The number of methoxy groups -OCH3 is 2. The van der Waals surface area contributed by atoms with Crippen LogP contribution in [0.1, 0.15) is 5.56 Å². The number of rotatable bonds is 5. The van der Waals surface area contributed by atoms with Crippen molar-refractivity contribution in [3.05, 3.63) is 44.8 Å². The fourth-order valence-corrected chi connectivity index (χ4v) is 2.76. The zero-order chi connectivity index (χ0) is 15.4. The van der Waals surface area contributed by atoms with Gasteiger partial charge in [-0.2, -0.15) is 0 Å². The van der Waals surface area contributed by atoms with Gasteiger partial charge in [0.05, 0.1) is 23.2 Å². The second-order valence-electron chi connectivity index (χ2n) is 4.33. The summed E-state index contributed by atoms with van der Waals surface area (Å²) in [5, 5.41) is 13.1. The third-order valence-electron chi connectivity index (χ3n) is 2.96. The van der Waals surface area contributed by atoms with Crippen LogP contribution < -0.4 is 14.8 Å². The Morgan fingerprint density at radius 1 is 1.00 bits per heavy atom. The van der Waals surface area contributed by atoms with Crippen molar-refractivity contribution < 1.29 is 14.6 Å². The summed E-state index contributed by atoms with van der Waals surface area (Å²) in [5.41, 5.74) is 1.93. The lowest BCUT2D eigenvalue weighted by molar-refractivity contribution is 0.371. The molecule has 0 bridgehead atoms. The predicted octanol–water partition coefficient (Wildman–Crippen LogP) is 4.55. The number of aromatic hydroxyl groups is 1. The average molecular weight is 417 g/mol. The van der Waals surface area contributed by atoms with Crippen LogP contribution in [0.15, 0.2) is 39.3 Å². The summed E-state index contributed by atoms with van der Waals surface area (Å²) >= 11 is 6.73. The topological polar surface area (TPSA) is 50.7 Å². The lowest BCUT2D eigenvalue weighted by Crippen LogP contribution is -2.00. The quantitative estimate of drug-likeness (QED) is 0.750. The first-order valence-electron chi connectivity index (χ1n) is 6.18. The van der Waals surface area contributed by atoms with Crippen LogP contribution in [-0.4, -0.2) is 19.3 Å². The standard InChI is InChI=1S/C15H15Br2NO3/c1-20-13-7-10(3-4-11(13)16)18-8-9-5-12(17)15(19)14(6-9)21-2/h3-7,18-19H,8H2,1-2H3. The number of phenolic OH excluding ortho intramolecular Hbond substituents is 1. The Hall–Kier alpha value is -1.40. The van der Waals surface area contributed by atoms with Crippen molar-refractivity contribution in [1.29, 1.82) is 0 Å². The van der Waals surface area contributed by atoms with E-state index in [-0.39, 0.29) is 5.75 Å². The molecule has 0 aliphatic carbocycles. The van der Waals surface area contributed by atoms with E-state index in [2.05, 4.69) is 37.2 Å². The van der Waals surface area contributed by atoms with Gasteiger partial charge in [0, 0.05) is 18.3 Å². The van der Waals surface area contributed by atoms with Gasteiger partial charge in [0.25, 0.3) is 0 Å². The van der Waals surface area contributed by atoms with E-state index < -0.39 is 0 Å². The van der Waals surface area contributed by atoms with Crippen LogP contribution in [0.25, 0.3) is 0 Å². The van der Waals surface area contributed by atoms with Crippen LogP contribution in [0, 0.1) is 0 Å². The van der Waals surface area contributed by atoms with Crippen molar-refractivity contribution >= 4 is 37.5 Å². The van der Waals surface area contributed by atoms with Gasteiger partial charge in [0.2, 0.25) is 0 Å². The van der Waals surface area contributed by atoms with Crippen LogP contribution in [0.5, 0.6) is 17.2 Å². The fourth-order valence-electron chi connectivity index (χ4n) is 1.86. The molecule has 2 rings (SSSR count). The minimum Gasteiger partial charge on any atom is -0.503 e. The molecule has 0 aromatic heterocycles. The van der Waals surface area contributed by atoms with Gasteiger partial charge < -0.3 is 19.9 Å². The molecule has 0 saturated heterocycles. The molecule has 0 heterocycles. The first kappa shape index (κ1) is 16.0. The number of ether oxygens (including phenoxy) is 2. The monoisotopic (exact) mass is 415 g/mol. The molecule has 0 aliphatic rings. The number of halogens is 2. The van der Waals surface area contributed by atoms with Gasteiger partial charge in [-0.1, -0.05) is 0 Å². The minimum atomic E-state index is 0.103. The molecule has 2 N–H and O–H groups in total. The maximum atomic E-state index is 9.79. The highest BCUT2D eigenvalue weighted by Crippen LogP contribution is 2.35. The molecule has 6 heteroatoms. The van der Waals surface area contributed by atoms with Crippen LogP contribution in [0.2, 0.25) is 0 Å². The van der Waals surface area contributed by atoms with E-state index in [4.69, 9.17) is 9.47 Å². The first-order chi connectivity index (χ1) is 10.0. The predicted molar refractivity (Wildman–Crippen MR) is 90.4 cm³/mol. The van der Waals surface area contributed by atoms with Gasteiger partial charge in [-0.25, -0.2) is 0 Å². The molecule has 0 amide bonds. The van der Waals surface area contributed by atoms with Crippen LogP contribution in [0.3, 0.4) is 0 Å². The normalized spacial score (nSPS) is 10.3. The molecule has 0 radical (unpaired) electrons. The zero-order valence-corrected chi connectivity index (χ0v) is 14.8. The number of nitrogens with one attached hydrogen (secondary N) is 1. The molecule has 0 aliphatic heterocycles. The summed E-state index contributed by atoms with van der Waals surface area (Å²) in [6, 6.07) is 9.44. The molecule has 2 aromatic carbocycles. The Bertz CT molecular complexity index is 647. The third-order valence-corrected chi connectivity index (χ3v) is 4.22. The van der Waals surface area contributed by atoms with Crippen molar-refractivity contribution in [3.8, 4) is 17.2 Å². The molecule has 0 unspecified atom stereocenters. The van der Waals surface area contributed by atoms with Gasteiger partial charge >= 0.3 is 0 Å². The lowest BCUT2D eigenvalue weighted by Gasteiger charge is -2.12. The zero-order valence-electron chi connectivity index (χ0n) is 11.6. The Balaban J connectivity index is 2.15. The van der Waals surface area contributed by atoms with Crippen molar-refractivity contribution in [2.75, 3.05) is 19.5 Å². The molecule has 0 fully saturated rings. The van der Waals surface area contributed by atoms with Gasteiger partial charge in [-0.15, -0.1) is 0 Å². The number of hydrogen-bond donors (Lipinski definition) is 2. The van der Waals surface area contributed by atoms with Gasteiger partial charge in [-0.3, -0.25) is 0 Å². The molecular weight excluding hydrogens is 402 g/mol. The second kappa shape index (κ2) is 7.04. The van der Waals surface area contributed by atoms with Gasteiger partial charge in [0.15, 0.2) is 11.5 Å². The summed E-state index contributed by atoms with van der Waals surface area (Å²) in [7, 11) is 3.16. The maximum Gasteiger partial charge on any atom is 0.172 e. The molecule has 112 valence electrons.